The Morgan fingerprint density at radius 1 is 1.19 bits per heavy atom. The fourth-order valence-electron chi connectivity index (χ4n) is 4.13. The third kappa shape index (κ3) is 7.12. The van der Waals surface area contributed by atoms with Gasteiger partial charge in [0.2, 0.25) is 0 Å². The van der Waals surface area contributed by atoms with E-state index in [1.165, 1.54) is 24.0 Å². The van der Waals surface area contributed by atoms with Crippen LogP contribution in [0.4, 0.5) is 26.3 Å². The zero-order chi connectivity index (χ0) is 23.2. The lowest BCUT2D eigenvalue weighted by Crippen LogP contribution is -2.49. The fraction of sp³-hybridized carbons (Fsp3) is 0.682. The summed E-state index contributed by atoms with van der Waals surface area (Å²) in [5.41, 5.74) is 0.0118. The lowest BCUT2D eigenvalue weighted by atomic mass is 9.80. The molecule has 0 aromatic heterocycles. The Balaban J connectivity index is 1.75. The van der Waals surface area contributed by atoms with Crippen molar-refractivity contribution in [2.75, 3.05) is 26.2 Å². The largest absolute Gasteiger partial charge is 0.493 e. The Morgan fingerprint density at radius 2 is 1.84 bits per heavy atom. The smallest absolute Gasteiger partial charge is 0.454 e. The van der Waals surface area contributed by atoms with Gasteiger partial charge in [0, 0.05) is 6.07 Å². The van der Waals surface area contributed by atoms with E-state index >= 15 is 0 Å². The molecule has 0 saturated carbocycles. The Hall–Kier alpha value is -1.77. The number of carbonyl (C=O) groups excluding carboxylic acids is 1. The first-order chi connectivity index (χ1) is 14.4. The second-order valence-electron chi connectivity index (χ2n) is 8.17. The van der Waals surface area contributed by atoms with Gasteiger partial charge >= 0.3 is 12.1 Å². The van der Waals surface area contributed by atoms with Crippen LogP contribution in [0, 0.1) is 17.7 Å². The van der Waals surface area contributed by atoms with E-state index in [-0.39, 0.29) is 30.4 Å². The van der Waals surface area contributed by atoms with E-state index < -0.39 is 24.5 Å². The summed E-state index contributed by atoms with van der Waals surface area (Å²) >= 11 is 0. The van der Waals surface area contributed by atoms with Gasteiger partial charge < -0.3 is 4.74 Å². The first kappa shape index (κ1) is 25.5. The molecule has 31 heavy (non-hydrogen) atoms. The molecular weight excluding hydrogens is 424 g/mol. The third-order valence-electron chi connectivity index (χ3n) is 5.97. The van der Waals surface area contributed by atoms with Gasteiger partial charge in [0.15, 0.2) is 5.78 Å². The first-order valence-electron chi connectivity index (χ1n) is 10.5. The summed E-state index contributed by atoms with van der Waals surface area (Å²) in [6.45, 7) is 2.86. The van der Waals surface area contributed by atoms with Crippen molar-refractivity contribution < 1.29 is 35.9 Å². The van der Waals surface area contributed by atoms with Crippen LogP contribution < -0.4 is 4.74 Å². The molecule has 0 bridgehead atoms. The zero-order valence-corrected chi connectivity index (χ0v) is 17.8. The molecule has 0 spiro atoms. The number of likely N-dealkylation sites (tertiary alicyclic amines) is 1. The second-order valence-corrected chi connectivity index (χ2v) is 8.17. The number of rotatable bonds is 10. The summed E-state index contributed by atoms with van der Waals surface area (Å²) in [6.07, 6.45) is -1.93. The highest BCUT2D eigenvalue weighted by atomic mass is 19.4. The number of benzene rings is 1. The predicted octanol–water partition coefficient (Wildman–Crippen LogP) is 6.12. The number of piperidine rings is 1. The lowest BCUT2D eigenvalue weighted by molar-refractivity contribution is -0.287. The summed E-state index contributed by atoms with van der Waals surface area (Å²) < 4.78 is 83.1. The summed E-state index contributed by atoms with van der Waals surface area (Å²) in [7, 11) is 0. The van der Waals surface area contributed by atoms with Crippen molar-refractivity contribution >= 4 is 5.78 Å². The average Bonchev–Trinajstić information content (AvgIpc) is 2.67. The van der Waals surface area contributed by atoms with Gasteiger partial charge in [-0.3, -0.25) is 9.69 Å². The van der Waals surface area contributed by atoms with Gasteiger partial charge in [-0.1, -0.05) is 13.3 Å². The molecular formula is C22H29F6NO2. The quantitative estimate of drug-likeness (QED) is 0.243. The van der Waals surface area contributed by atoms with E-state index in [2.05, 4.69) is 0 Å². The molecule has 1 aliphatic heterocycles. The summed E-state index contributed by atoms with van der Waals surface area (Å²) in [4.78, 5) is 12.5. The Labute approximate surface area is 178 Å². The van der Waals surface area contributed by atoms with Crippen LogP contribution in [0.1, 0.15) is 56.3 Å². The van der Waals surface area contributed by atoms with Crippen molar-refractivity contribution in [2.45, 2.75) is 58.1 Å². The number of Topliss-reactive ketones (excluding diaryl/α,β-unsaturated/α-hetero) is 1. The van der Waals surface area contributed by atoms with Crippen LogP contribution in [0.2, 0.25) is 0 Å². The van der Waals surface area contributed by atoms with Crippen molar-refractivity contribution in [1.29, 1.82) is 0 Å². The molecule has 0 radical (unpaired) electrons. The van der Waals surface area contributed by atoms with Crippen LogP contribution in [0.25, 0.3) is 0 Å². The summed E-state index contributed by atoms with van der Waals surface area (Å²) in [6, 6.07) is 4.11. The van der Waals surface area contributed by atoms with Gasteiger partial charge in [0.05, 0.1) is 18.7 Å². The van der Waals surface area contributed by atoms with Crippen molar-refractivity contribution in [2.24, 2.45) is 11.8 Å². The molecule has 2 rings (SSSR count). The molecule has 176 valence electrons. The maximum Gasteiger partial charge on any atom is 0.454 e. The van der Waals surface area contributed by atoms with Gasteiger partial charge in [-0.2, -0.15) is 22.0 Å². The number of carbonyl (C=O) groups is 1. The molecule has 1 aromatic rings. The van der Waals surface area contributed by atoms with Gasteiger partial charge in [0.25, 0.3) is 0 Å². The third-order valence-corrected chi connectivity index (χ3v) is 5.97. The van der Waals surface area contributed by atoms with Crippen molar-refractivity contribution in [1.82, 2.24) is 4.90 Å². The summed E-state index contributed by atoms with van der Waals surface area (Å²) in [5, 5.41) is 0. The molecule has 1 saturated heterocycles. The lowest BCUT2D eigenvalue weighted by Gasteiger charge is -2.37. The Bertz CT molecular complexity index is 729. The Kier molecular flexibility index (Phi) is 8.80. The van der Waals surface area contributed by atoms with Crippen LogP contribution in [0.5, 0.6) is 5.75 Å². The normalized spacial score (nSPS) is 17.5. The molecule has 0 unspecified atom stereocenters. The maximum absolute atomic E-state index is 13.8. The Morgan fingerprint density at radius 3 is 2.35 bits per heavy atom. The number of hydrogen-bond donors (Lipinski definition) is 0. The molecule has 1 atom stereocenters. The summed E-state index contributed by atoms with van der Waals surface area (Å²) in [5.74, 6) is -4.74. The van der Waals surface area contributed by atoms with Gasteiger partial charge in [-0.05, 0) is 69.7 Å². The first-order valence-corrected chi connectivity index (χ1v) is 10.5. The molecule has 1 aliphatic rings. The molecule has 1 aromatic carbocycles. The van der Waals surface area contributed by atoms with E-state index in [9.17, 15) is 31.1 Å². The van der Waals surface area contributed by atoms with E-state index in [0.29, 0.717) is 37.5 Å². The highest BCUT2D eigenvalue weighted by Gasteiger charge is 2.58. The van der Waals surface area contributed by atoms with Crippen LogP contribution in [0.3, 0.4) is 0 Å². The predicted molar refractivity (Wildman–Crippen MR) is 105 cm³/mol. The second kappa shape index (κ2) is 10.7. The number of halogens is 6. The highest BCUT2D eigenvalue weighted by molar-refractivity contribution is 5.94. The SMILES string of the molecule is CC[C@@H](CCCOc1ccc(C(C)=O)c(F)c1)C1CCN(CC(F)(F)C(F)(F)F)CC1. The minimum atomic E-state index is -5.52. The fourth-order valence-corrected chi connectivity index (χ4v) is 4.13. The monoisotopic (exact) mass is 453 g/mol. The highest BCUT2D eigenvalue weighted by Crippen LogP contribution is 2.37. The molecule has 0 amide bonds. The minimum absolute atomic E-state index is 0.0118. The van der Waals surface area contributed by atoms with Gasteiger partial charge in [-0.25, -0.2) is 4.39 Å². The molecule has 0 aliphatic carbocycles. The van der Waals surface area contributed by atoms with E-state index in [0.717, 1.165) is 12.8 Å². The van der Waals surface area contributed by atoms with E-state index in [1.54, 1.807) is 6.07 Å². The van der Waals surface area contributed by atoms with Crippen LogP contribution in [-0.2, 0) is 0 Å². The number of ether oxygens (including phenoxy) is 1. The zero-order valence-electron chi connectivity index (χ0n) is 17.8. The van der Waals surface area contributed by atoms with Crippen LogP contribution in [-0.4, -0.2) is 49.0 Å². The number of ketones is 1. The average molecular weight is 453 g/mol. The minimum Gasteiger partial charge on any atom is -0.493 e. The molecule has 3 nitrogen and oxygen atoms in total. The van der Waals surface area contributed by atoms with Crippen molar-refractivity contribution in [3.05, 3.63) is 29.6 Å². The number of hydrogen-bond acceptors (Lipinski definition) is 3. The number of nitrogens with zero attached hydrogens (tertiary/aromatic N) is 1. The topological polar surface area (TPSA) is 29.5 Å². The van der Waals surface area contributed by atoms with Crippen molar-refractivity contribution in [3.63, 3.8) is 0 Å². The number of alkyl halides is 5. The van der Waals surface area contributed by atoms with Gasteiger partial charge in [0.1, 0.15) is 11.6 Å². The maximum atomic E-state index is 13.8. The van der Waals surface area contributed by atoms with Crippen molar-refractivity contribution in [3.8, 4) is 5.75 Å². The van der Waals surface area contributed by atoms with Crippen LogP contribution in [0.15, 0.2) is 18.2 Å². The van der Waals surface area contributed by atoms with Crippen LogP contribution >= 0.6 is 0 Å². The molecule has 0 N–H and O–H groups in total. The van der Waals surface area contributed by atoms with Gasteiger partial charge in [-0.15, -0.1) is 0 Å². The molecule has 1 fully saturated rings. The standard InChI is InChI=1S/C22H29F6NO2/c1-3-16(5-4-12-31-18-6-7-19(15(2)30)20(23)13-18)17-8-10-29(11-9-17)14-21(24,25)22(26,27)28/h6-7,13,16-17H,3-5,8-12,14H2,1-2H3/t16-/m0/s1. The van der Waals surface area contributed by atoms with E-state index in [1.807, 2.05) is 6.92 Å². The molecule has 1 heterocycles. The molecule has 9 heteroatoms. The van der Waals surface area contributed by atoms with E-state index in [4.69, 9.17) is 4.74 Å².